The molecule has 1 aromatic carbocycles. The Morgan fingerprint density at radius 3 is 2.72 bits per heavy atom. The van der Waals surface area contributed by atoms with E-state index < -0.39 is 0 Å². The van der Waals surface area contributed by atoms with Gasteiger partial charge in [0.25, 0.3) is 5.91 Å². The highest BCUT2D eigenvalue weighted by Gasteiger charge is 2.42. The number of hydrogen-bond donors (Lipinski definition) is 1. The third kappa shape index (κ3) is 3.72. The molecule has 8 heteroatoms. The summed E-state index contributed by atoms with van der Waals surface area (Å²) in [6, 6.07) is 6.93. The maximum Gasteiger partial charge on any atom is 0.281 e. The topological polar surface area (TPSA) is 65.8 Å². The third-order valence-electron chi connectivity index (χ3n) is 6.75. The van der Waals surface area contributed by atoms with Gasteiger partial charge in [0.05, 0.1) is 12.6 Å². The molecule has 2 aliphatic heterocycles. The molecule has 1 aromatic heterocycles. The zero-order chi connectivity index (χ0) is 22.4. The monoisotopic (exact) mass is 498 g/mol. The van der Waals surface area contributed by atoms with E-state index in [0.717, 1.165) is 47.1 Å². The summed E-state index contributed by atoms with van der Waals surface area (Å²) in [4.78, 5) is 27.3. The number of hydrogen-bond acceptors (Lipinski definition) is 5. The van der Waals surface area contributed by atoms with Crippen molar-refractivity contribution in [2.75, 3.05) is 23.3 Å². The predicted molar refractivity (Wildman–Crippen MR) is 132 cm³/mol. The second-order valence-corrected chi connectivity index (χ2v) is 10.0. The first-order chi connectivity index (χ1) is 15.5. The third-order valence-corrected chi connectivity index (χ3v) is 7.60. The second-order valence-electron chi connectivity index (χ2n) is 9.19. The van der Waals surface area contributed by atoms with Crippen LogP contribution in [-0.2, 0) is 6.54 Å². The molecule has 3 aliphatic rings. The second kappa shape index (κ2) is 8.54. The van der Waals surface area contributed by atoms with Gasteiger partial charge in [-0.15, -0.1) is 0 Å². The summed E-state index contributed by atoms with van der Waals surface area (Å²) in [6.45, 7) is 8.11. The molecule has 1 fully saturated rings. The molecule has 1 saturated carbocycles. The van der Waals surface area contributed by atoms with Gasteiger partial charge in [-0.25, -0.2) is 4.99 Å². The number of benzene rings is 1. The Bertz CT molecular complexity index is 1070. The Morgan fingerprint density at radius 1 is 1.22 bits per heavy atom. The van der Waals surface area contributed by atoms with Crippen molar-refractivity contribution in [1.82, 2.24) is 14.5 Å². The maximum atomic E-state index is 13.7. The number of aryl methyl sites for hydroxylation is 1. The largest absolute Gasteiger partial charge is 0.353 e. The van der Waals surface area contributed by atoms with Crippen LogP contribution in [0.2, 0.25) is 0 Å². The number of rotatable bonds is 5. The van der Waals surface area contributed by atoms with Crippen molar-refractivity contribution in [3.05, 3.63) is 39.5 Å². The van der Waals surface area contributed by atoms with E-state index in [0.29, 0.717) is 24.8 Å². The summed E-state index contributed by atoms with van der Waals surface area (Å²) < 4.78 is 3.17. The molecule has 5 rings (SSSR count). The number of aliphatic imine (C=N–C) groups is 1. The van der Waals surface area contributed by atoms with Crippen LogP contribution in [0.1, 0.15) is 67.6 Å². The molecule has 1 amide bonds. The molecule has 0 saturated heterocycles. The molecule has 0 unspecified atom stereocenters. The number of nitrogens with one attached hydrogen (secondary N) is 1. The zero-order valence-electron chi connectivity index (χ0n) is 19.1. The molecule has 0 spiro atoms. The fraction of sp³-hybridized carbons (Fsp3) is 0.542. The summed E-state index contributed by atoms with van der Waals surface area (Å²) in [5.41, 5.74) is 3.00. The van der Waals surface area contributed by atoms with Gasteiger partial charge < -0.3 is 5.32 Å². The normalized spacial score (nSPS) is 20.9. The number of halogens is 1. The summed E-state index contributed by atoms with van der Waals surface area (Å²) in [5, 5.41) is 3.70. The molecular formula is C24H31BrN6O. The number of nitrogens with zero attached hydrogens (tertiary/aromatic N) is 5. The first-order valence-corrected chi connectivity index (χ1v) is 12.5. The molecule has 2 aromatic rings. The van der Waals surface area contributed by atoms with Crippen molar-refractivity contribution in [2.45, 2.75) is 71.5 Å². The first-order valence-electron chi connectivity index (χ1n) is 11.8. The van der Waals surface area contributed by atoms with E-state index in [1.54, 1.807) is 4.90 Å². The predicted octanol–water partition coefficient (Wildman–Crippen LogP) is 4.79. The molecule has 7 nitrogen and oxygen atoms in total. The summed E-state index contributed by atoms with van der Waals surface area (Å²) in [6.07, 6.45) is 6.08. The molecule has 0 radical (unpaired) electrons. The van der Waals surface area contributed by atoms with Crippen molar-refractivity contribution in [2.24, 2.45) is 4.99 Å². The fourth-order valence-electron chi connectivity index (χ4n) is 5.00. The number of carbonyl (C=O) groups is 1. The van der Waals surface area contributed by atoms with Crippen molar-refractivity contribution in [1.29, 1.82) is 0 Å². The minimum atomic E-state index is -0.0121. The lowest BCUT2D eigenvalue weighted by Crippen LogP contribution is -2.50. The van der Waals surface area contributed by atoms with E-state index >= 15 is 0 Å². The molecule has 1 aliphatic carbocycles. The Kier molecular flexibility index (Phi) is 5.73. The summed E-state index contributed by atoms with van der Waals surface area (Å²) in [5.74, 6) is 2.27. The van der Waals surface area contributed by atoms with E-state index in [1.165, 1.54) is 24.8 Å². The number of anilines is 2. The molecule has 0 bridgehead atoms. The van der Waals surface area contributed by atoms with Gasteiger partial charge in [-0.1, -0.05) is 47.3 Å². The average Bonchev–Trinajstić information content (AvgIpc) is 3.33. The van der Waals surface area contributed by atoms with E-state index in [1.807, 2.05) is 6.92 Å². The van der Waals surface area contributed by atoms with Crippen molar-refractivity contribution >= 4 is 39.6 Å². The van der Waals surface area contributed by atoms with Crippen molar-refractivity contribution < 1.29 is 4.79 Å². The van der Waals surface area contributed by atoms with Crippen LogP contribution in [0.4, 0.5) is 11.8 Å². The van der Waals surface area contributed by atoms with Gasteiger partial charge in [0, 0.05) is 23.6 Å². The van der Waals surface area contributed by atoms with Gasteiger partial charge in [0.1, 0.15) is 0 Å². The maximum absolute atomic E-state index is 13.7. The van der Waals surface area contributed by atoms with Crippen LogP contribution in [0.15, 0.2) is 27.7 Å². The molecule has 3 heterocycles. The molecule has 1 N–H and O–H groups in total. The van der Waals surface area contributed by atoms with Crippen LogP contribution < -0.4 is 10.2 Å². The van der Waals surface area contributed by atoms with Gasteiger partial charge in [0.2, 0.25) is 11.9 Å². The van der Waals surface area contributed by atoms with E-state index in [9.17, 15) is 4.79 Å². The van der Waals surface area contributed by atoms with Gasteiger partial charge in [-0.2, -0.15) is 4.98 Å². The lowest BCUT2D eigenvalue weighted by Gasteiger charge is -2.32. The molecule has 170 valence electrons. The number of guanidine groups is 1. The van der Waals surface area contributed by atoms with E-state index in [2.05, 4.69) is 62.8 Å². The smallest absolute Gasteiger partial charge is 0.281 e. The average molecular weight is 499 g/mol. The van der Waals surface area contributed by atoms with Crippen molar-refractivity contribution in [3.8, 4) is 0 Å². The number of amides is 1. The van der Waals surface area contributed by atoms with Crippen LogP contribution in [0, 0.1) is 6.92 Å². The number of aromatic nitrogens is 2. The highest BCUT2D eigenvalue weighted by molar-refractivity contribution is 9.10. The highest BCUT2D eigenvalue weighted by Crippen LogP contribution is 2.35. The van der Waals surface area contributed by atoms with Crippen LogP contribution in [-0.4, -0.2) is 51.5 Å². The van der Waals surface area contributed by atoms with Crippen molar-refractivity contribution in [3.63, 3.8) is 0 Å². The SMILES string of the molecule is CCN1C(=O)c2c(nc(NC3CCCCC3)n2Cc2ccc(C)c(Br)c2)N2C[C@@H](C)N=C12. The number of carbonyl (C=O) groups excluding carboxylic acids is 1. The summed E-state index contributed by atoms with van der Waals surface area (Å²) in [7, 11) is 0. The van der Waals surface area contributed by atoms with Crippen LogP contribution >= 0.6 is 15.9 Å². The number of fused-ring (bicyclic) bond motifs is 3. The Hall–Kier alpha value is -2.35. The lowest BCUT2D eigenvalue weighted by atomic mass is 9.96. The van der Waals surface area contributed by atoms with Gasteiger partial charge in [-0.3, -0.25) is 19.2 Å². The quantitative estimate of drug-likeness (QED) is 0.643. The standard InChI is InChI=1S/C24H31BrN6O/c1-4-29-22(32)20-21(31-13-16(3)26-24(29)31)28-23(27-18-8-6-5-7-9-18)30(20)14-17-11-10-15(2)19(25)12-17/h10-12,16,18H,4-9,13-14H2,1-3H3,(H,27,28)/t16-/m1/s1. The molecular weight excluding hydrogens is 468 g/mol. The molecule has 32 heavy (non-hydrogen) atoms. The van der Waals surface area contributed by atoms with E-state index in [-0.39, 0.29) is 11.9 Å². The molecule has 1 atom stereocenters. The zero-order valence-corrected chi connectivity index (χ0v) is 20.7. The van der Waals surface area contributed by atoms with Gasteiger partial charge in [-0.05, 0) is 50.8 Å². The Morgan fingerprint density at radius 2 is 2.00 bits per heavy atom. The minimum absolute atomic E-state index is 0.0121. The Balaban J connectivity index is 1.60. The van der Waals surface area contributed by atoms with E-state index in [4.69, 9.17) is 9.98 Å². The fourth-order valence-corrected chi connectivity index (χ4v) is 5.43. The van der Waals surface area contributed by atoms with Crippen LogP contribution in [0.5, 0.6) is 0 Å². The van der Waals surface area contributed by atoms with Crippen LogP contribution in [0.3, 0.4) is 0 Å². The Labute approximate surface area is 198 Å². The number of imidazole rings is 1. The van der Waals surface area contributed by atoms with Gasteiger partial charge >= 0.3 is 0 Å². The first kappa shape index (κ1) is 21.5. The lowest BCUT2D eigenvalue weighted by molar-refractivity contribution is 0.0836. The van der Waals surface area contributed by atoms with Gasteiger partial charge in [0.15, 0.2) is 11.5 Å². The highest BCUT2D eigenvalue weighted by atomic mass is 79.9. The summed E-state index contributed by atoms with van der Waals surface area (Å²) >= 11 is 3.66. The minimum Gasteiger partial charge on any atom is -0.353 e. The van der Waals surface area contributed by atoms with Crippen LogP contribution in [0.25, 0.3) is 0 Å².